The van der Waals surface area contributed by atoms with E-state index in [0.717, 1.165) is 36.7 Å². The van der Waals surface area contributed by atoms with Gasteiger partial charge in [0, 0.05) is 18.0 Å². The maximum Gasteiger partial charge on any atom is 0.450 e. The fourth-order valence-electron chi connectivity index (χ4n) is 2.56. The van der Waals surface area contributed by atoms with Crippen LogP contribution in [0.5, 0.6) is 11.5 Å². The molecule has 2 aromatic carbocycles. The molecule has 0 aliphatic heterocycles. The lowest BCUT2D eigenvalue weighted by Crippen LogP contribution is -2.19. The number of benzene rings is 2. The zero-order chi connectivity index (χ0) is 21.3. The Kier molecular flexibility index (Phi) is 5.02. The Morgan fingerprint density at radius 1 is 1.10 bits per heavy atom. The van der Waals surface area contributed by atoms with E-state index in [2.05, 4.69) is 4.99 Å². The molecule has 4 N–H and O–H groups in total. The number of nitrogens with zero attached hydrogens (tertiary/aromatic N) is 1. The van der Waals surface area contributed by atoms with E-state index < -0.39 is 56.8 Å². The molecule has 10 heteroatoms. The summed E-state index contributed by atoms with van der Waals surface area (Å²) in [5, 5.41) is 18.9. The lowest BCUT2D eigenvalue weighted by molar-refractivity contribution is -0.153. The van der Waals surface area contributed by atoms with Gasteiger partial charge in [0.25, 0.3) is 0 Å². The number of aromatic hydroxyl groups is 2. The zero-order valence-electron chi connectivity index (χ0n) is 14.4. The molecule has 0 aliphatic carbocycles. The second-order valence-electron chi connectivity index (χ2n) is 5.80. The first-order chi connectivity index (χ1) is 13.6. The van der Waals surface area contributed by atoms with Crippen molar-refractivity contribution in [3.05, 3.63) is 70.0 Å². The second kappa shape index (κ2) is 7.30. The summed E-state index contributed by atoms with van der Waals surface area (Å²) in [4.78, 5) is 16.6. The van der Waals surface area contributed by atoms with Crippen molar-refractivity contribution in [3.63, 3.8) is 0 Å². The number of phenolic OH excluding ortho intramolecular Hbond substituents is 2. The Morgan fingerprint density at radius 2 is 1.76 bits per heavy atom. The summed E-state index contributed by atoms with van der Waals surface area (Å²) in [5.74, 6) is -4.02. The van der Waals surface area contributed by atoms with Gasteiger partial charge in [0.15, 0.2) is 11.3 Å². The van der Waals surface area contributed by atoms with Crippen molar-refractivity contribution in [2.24, 2.45) is 10.7 Å². The van der Waals surface area contributed by atoms with Crippen LogP contribution in [0, 0.1) is 5.82 Å². The zero-order valence-corrected chi connectivity index (χ0v) is 14.4. The van der Waals surface area contributed by atoms with Crippen molar-refractivity contribution >= 4 is 28.4 Å². The van der Waals surface area contributed by atoms with Crippen LogP contribution >= 0.6 is 0 Å². The maximum absolute atomic E-state index is 13.6. The molecule has 0 amide bonds. The molecule has 29 heavy (non-hydrogen) atoms. The minimum absolute atomic E-state index is 0.201. The summed E-state index contributed by atoms with van der Waals surface area (Å²) in [7, 11) is 0. The first kappa shape index (κ1) is 19.9. The summed E-state index contributed by atoms with van der Waals surface area (Å²) in [6.07, 6.45) is -3.49. The summed E-state index contributed by atoms with van der Waals surface area (Å²) in [6, 6.07) is 6.68. The summed E-state index contributed by atoms with van der Waals surface area (Å²) in [6.45, 7) is 0. The van der Waals surface area contributed by atoms with Crippen molar-refractivity contribution in [1.29, 1.82) is 0 Å². The normalized spacial score (nSPS) is 12.8. The quantitative estimate of drug-likeness (QED) is 0.344. The van der Waals surface area contributed by atoms with E-state index in [1.807, 2.05) is 0 Å². The topological polar surface area (TPSA) is 109 Å². The SMILES string of the molecule is N/C=C(\C=Nc1ccc(F)cc1)c1c(C(F)(F)F)oc2c(O)c(O)ccc2c1=O. The predicted octanol–water partition coefficient (Wildman–Crippen LogP) is 4.06. The molecular formula is C19H12F4N2O4. The average molecular weight is 408 g/mol. The number of hydrogen-bond donors (Lipinski definition) is 3. The molecule has 150 valence electrons. The molecule has 0 saturated carbocycles. The average Bonchev–Trinajstić information content (AvgIpc) is 2.67. The predicted molar refractivity (Wildman–Crippen MR) is 97.5 cm³/mol. The van der Waals surface area contributed by atoms with Gasteiger partial charge in [0.05, 0.1) is 16.6 Å². The minimum atomic E-state index is -5.13. The van der Waals surface area contributed by atoms with E-state index in [-0.39, 0.29) is 5.69 Å². The fraction of sp³-hybridized carbons (Fsp3) is 0.0526. The number of fused-ring (bicyclic) bond motifs is 1. The summed E-state index contributed by atoms with van der Waals surface area (Å²) < 4.78 is 58.4. The Hall–Kier alpha value is -3.82. The molecular weight excluding hydrogens is 396 g/mol. The van der Waals surface area contributed by atoms with E-state index in [1.54, 1.807) is 0 Å². The number of phenols is 2. The van der Waals surface area contributed by atoms with Gasteiger partial charge < -0.3 is 20.4 Å². The Balaban J connectivity index is 2.26. The van der Waals surface area contributed by atoms with Gasteiger partial charge in [0.1, 0.15) is 5.82 Å². The van der Waals surface area contributed by atoms with Gasteiger partial charge in [-0.1, -0.05) is 0 Å². The van der Waals surface area contributed by atoms with Gasteiger partial charge >= 0.3 is 6.18 Å². The molecule has 1 aromatic heterocycles. The lowest BCUT2D eigenvalue weighted by atomic mass is 10.0. The first-order valence-corrected chi connectivity index (χ1v) is 7.94. The maximum atomic E-state index is 13.6. The van der Waals surface area contributed by atoms with E-state index in [9.17, 15) is 32.6 Å². The molecule has 0 spiro atoms. The standard InChI is InChI=1S/C19H12F4N2O4/c20-10-1-3-11(4-2-10)25-8-9(7-24)14-15(27)12-5-6-13(26)16(28)17(12)29-18(14)19(21,22)23/h1-8,26,28H,24H2/b9-7+,25-8?. The van der Waals surface area contributed by atoms with Gasteiger partial charge in [-0.25, -0.2) is 4.39 Å². The Labute approximate surface area is 159 Å². The number of halogens is 4. The van der Waals surface area contributed by atoms with Crippen molar-refractivity contribution < 1.29 is 32.2 Å². The van der Waals surface area contributed by atoms with Crippen molar-refractivity contribution in [2.45, 2.75) is 6.18 Å². The van der Waals surface area contributed by atoms with Crippen LogP contribution in [0.15, 0.2) is 56.8 Å². The van der Waals surface area contributed by atoms with E-state index in [4.69, 9.17) is 10.2 Å². The molecule has 3 aromatic rings. The smallest absolute Gasteiger partial charge is 0.450 e. The van der Waals surface area contributed by atoms with Gasteiger partial charge in [-0.05, 0) is 36.4 Å². The molecule has 0 fully saturated rings. The summed E-state index contributed by atoms with van der Waals surface area (Å²) >= 11 is 0. The molecule has 1 heterocycles. The van der Waals surface area contributed by atoms with Crippen LogP contribution in [0.25, 0.3) is 16.5 Å². The van der Waals surface area contributed by atoms with Gasteiger partial charge in [-0.15, -0.1) is 0 Å². The van der Waals surface area contributed by atoms with Gasteiger partial charge in [-0.3, -0.25) is 9.79 Å². The van der Waals surface area contributed by atoms with Crippen LogP contribution in [0.1, 0.15) is 11.3 Å². The third kappa shape index (κ3) is 3.77. The number of hydrogen-bond acceptors (Lipinski definition) is 6. The highest BCUT2D eigenvalue weighted by molar-refractivity contribution is 6.11. The van der Waals surface area contributed by atoms with Crippen LogP contribution < -0.4 is 11.2 Å². The Bertz CT molecular complexity index is 1200. The third-order valence-corrected chi connectivity index (χ3v) is 3.92. The molecule has 0 saturated heterocycles. The van der Waals surface area contributed by atoms with Crippen LogP contribution in [-0.2, 0) is 6.18 Å². The van der Waals surface area contributed by atoms with Gasteiger partial charge in [-0.2, -0.15) is 13.2 Å². The number of nitrogens with two attached hydrogens (primary N) is 1. The number of allylic oxidation sites excluding steroid dienone is 1. The highest BCUT2D eigenvalue weighted by Gasteiger charge is 2.40. The van der Waals surface area contributed by atoms with E-state index in [1.165, 1.54) is 12.1 Å². The van der Waals surface area contributed by atoms with E-state index >= 15 is 0 Å². The number of rotatable bonds is 3. The fourth-order valence-corrected chi connectivity index (χ4v) is 2.56. The molecule has 0 bridgehead atoms. The molecule has 0 radical (unpaired) electrons. The van der Waals surface area contributed by atoms with E-state index in [0.29, 0.717) is 0 Å². The monoisotopic (exact) mass is 408 g/mol. The number of alkyl halides is 3. The minimum Gasteiger partial charge on any atom is -0.504 e. The van der Waals surface area contributed by atoms with Gasteiger partial charge in [0.2, 0.25) is 16.9 Å². The highest BCUT2D eigenvalue weighted by Crippen LogP contribution is 2.39. The molecule has 3 rings (SSSR count). The Morgan fingerprint density at radius 3 is 2.34 bits per heavy atom. The van der Waals surface area contributed by atoms with Crippen LogP contribution in [0.4, 0.5) is 23.2 Å². The third-order valence-electron chi connectivity index (χ3n) is 3.92. The highest BCUT2D eigenvalue weighted by atomic mass is 19.4. The molecule has 0 unspecified atom stereocenters. The van der Waals surface area contributed by atoms with Crippen LogP contribution in [0.3, 0.4) is 0 Å². The van der Waals surface area contributed by atoms with Crippen LogP contribution in [0.2, 0.25) is 0 Å². The molecule has 0 atom stereocenters. The lowest BCUT2D eigenvalue weighted by Gasteiger charge is -2.13. The molecule has 0 aliphatic rings. The first-order valence-electron chi connectivity index (χ1n) is 7.94. The largest absolute Gasteiger partial charge is 0.504 e. The van der Waals surface area contributed by atoms with Crippen molar-refractivity contribution in [1.82, 2.24) is 0 Å². The molecule has 6 nitrogen and oxygen atoms in total. The summed E-state index contributed by atoms with van der Waals surface area (Å²) in [5.41, 5.74) is 2.32. The van der Waals surface area contributed by atoms with Crippen molar-refractivity contribution in [2.75, 3.05) is 0 Å². The number of aliphatic imine (C=N–C) groups is 1. The van der Waals surface area contributed by atoms with Crippen molar-refractivity contribution in [3.8, 4) is 11.5 Å². The van der Waals surface area contributed by atoms with Crippen LogP contribution in [-0.4, -0.2) is 16.4 Å². The second-order valence-corrected chi connectivity index (χ2v) is 5.80.